The molecule has 4 rings (SSSR count). The Balaban J connectivity index is 1.98. The molecule has 1 unspecified atom stereocenters. The minimum atomic E-state index is -0.960. The van der Waals surface area contributed by atoms with Crippen LogP contribution in [0.15, 0.2) is 66.2 Å². The molecule has 0 saturated carbocycles. The summed E-state index contributed by atoms with van der Waals surface area (Å²) in [6.45, 7) is 1.79. The molecule has 174 valence electrons. The van der Waals surface area contributed by atoms with Crippen LogP contribution in [0.5, 0.6) is 17.2 Å². The Kier molecular flexibility index (Phi) is 6.22. The first-order valence-corrected chi connectivity index (χ1v) is 10.7. The Bertz CT molecular complexity index is 1300. The fraction of sp³-hybridized carbons (Fsp3) is 0.154. The standard InChI is InChI=1S/C26H22ClNO6/c1-14-12-19(25(34-3)20(27)13-14)23(30)21-22(15-4-8-17(29)9-5-15)28(26(32)24(21)31)16-6-10-18(33-2)11-7-16/h4-13,22,29-30H,1-3H3/b23-21+. The topological polar surface area (TPSA) is 96.3 Å². The molecule has 2 N–H and O–H groups in total. The quantitative estimate of drug-likeness (QED) is 0.304. The number of halogens is 1. The number of aryl methyl sites for hydroxylation is 1. The Morgan fingerprint density at radius 2 is 1.62 bits per heavy atom. The highest BCUT2D eigenvalue weighted by molar-refractivity contribution is 6.51. The van der Waals surface area contributed by atoms with E-state index >= 15 is 0 Å². The van der Waals surface area contributed by atoms with Crippen molar-refractivity contribution < 1.29 is 29.3 Å². The molecule has 0 radical (unpaired) electrons. The first-order valence-electron chi connectivity index (χ1n) is 10.3. The lowest BCUT2D eigenvalue weighted by Crippen LogP contribution is -2.29. The van der Waals surface area contributed by atoms with Gasteiger partial charge in [0.15, 0.2) is 0 Å². The number of nitrogens with zero attached hydrogens (tertiary/aromatic N) is 1. The lowest BCUT2D eigenvalue weighted by atomic mass is 9.94. The van der Waals surface area contributed by atoms with Gasteiger partial charge in [0, 0.05) is 5.69 Å². The molecule has 1 heterocycles. The summed E-state index contributed by atoms with van der Waals surface area (Å²) in [6.07, 6.45) is 0. The average molecular weight is 480 g/mol. The number of aliphatic hydroxyl groups is 1. The predicted octanol–water partition coefficient (Wildman–Crippen LogP) is 5.00. The summed E-state index contributed by atoms with van der Waals surface area (Å²) >= 11 is 6.31. The van der Waals surface area contributed by atoms with Crippen LogP contribution in [0.25, 0.3) is 5.76 Å². The van der Waals surface area contributed by atoms with Gasteiger partial charge in [0.05, 0.1) is 36.4 Å². The minimum Gasteiger partial charge on any atom is -0.508 e. The second-order valence-corrected chi connectivity index (χ2v) is 8.19. The fourth-order valence-corrected chi connectivity index (χ4v) is 4.42. The third-order valence-electron chi connectivity index (χ3n) is 5.65. The number of aliphatic hydroxyl groups excluding tert-OH is 1. The number of anilines is 1. The SMILES string of the molecule is COc1ccc(N2C(=O)C(=O)/C(=C(/O)c3cc(C)cc(Cl)c3OC)C2c2ccc(O)cc2)cc1. The van der Waals surface area contributed by atoms with Gasteiger partial charge in [-0.3, -0.25) is 14.5 Å². The van der Waals surface area contributed by atoms with E-state index < -0.39 is 23.5 Å². The van der Waals surface area contributed by atoms with Gasteiger partial charge in [0.1, 0.15) is 23.0 Å². The molecule has 8 heteroatoms. The molecule has 1 fully saturated rings. The van der Waals surface area contributed by atoms with Gasteiger partial charge in [0.25, 0.3) is 11.7 Å². The highest BCUT2D eigenvalue weighted by atomic mass is 35.5. The van der Waals surface area contributed by atoms with E-state index in [-0.39, 0.29) is 27.7 Å². The van der Waals surface area contributed by atoms with Crippen LogP contribution in [-0.4, -0.2) is 36.1 Å². The number of hydrogen-bond donors (Lipinski definition) is 2. The maximum Gasteiger partial charge on any atom is 0.300 e. The lowest BCUT2D eigenvalue weighted by molar-refractivity contribution is -0.132. The van der Waals surface area contributed by atoms with Gasteiger partial charge in [-0.2, -0.15) is 0 Å². The van der Waals surface area contributed by atoms with Crippen molar-refractivity contribution in [2.24, 2.45) is 0 Å². The maximum absolute atomic E-state index is 13.3. The van der Waals surface area contributed by atoms with Gasteiger partial charge in [-0.25, -0.2) is 0 Å². The summed E-state index contributed by atoms with van der Waals surface area (Å²) in [5, 5.41) is 21.4. The Morgan fingerprint density at radius 1 is 0.971 bits per heavy atom. The molecular formula is C26H22ClNO6. The molecule has 0 aliphatic carbocycles. The smallest absolute Gasteiger partial charge is 0.300 e. The molecule has 7 nitrogen and oxygen atoms in total. The minimum absolute atomic E-state index is 0.0253. The molecular weight excluding hydrogens is 458 g/mol. The van der Waals surface area contributed by atoms with E-state index in [1.807, 2.05) is 0 Å². The van der Waals surface area contributed by atoms with Gasteiger partial charge in [-0.1, -0.05) is 23.7 Å². The highest BCUT2D eigenvalue weighted by Crippen LogP contribution is 2.44. The van der Waals surface area contributed by atoms with E-state index in [1.165, 1.54) is 31.3 Å². The van der Waals surface area contributed by atoms with Crippen molar-refractivity contribution in [3.8, 4) is 17.2 Å². The number of ketones is 1. The van der Waals surface area contributed by atoms with Crippen LogP contribution in [0.2, 0.25) is 5.02 Å². The second-order valence-electron chi connectivity index (χ2n) is 7.79. The summed E-state index contributed by atoms with van der Waals surface area (Å²) in [5.74, 6) is -1.27. The monoisotopic (exact) mass is 479 g/mol. The van der Waals surface area contributed by atoms with Crippen molar-refractivity contribution in [2.75, 3.05) is 19.1 Å². The number of carbonyl (C=O) groups is 2. The van der Waals surface area contributed by atoms with Gasteiger partial charge >= 0.3 is 0 Å². The first-order chi connectivity index (χ1) is 16.3. The number of phenols is 1. The molecule has 0 bridgehead atoms. The van der Waals surface area contributed by atoms with E-state index in [1.54, 1.807) is 55.5 Å². The Morgan fingerprint density at radius 3 is 2.21 bits per heavy atom. The average Bonchev–Trinajstić information content (AvgIpc) is 3.09. The van der Waals surface area contributed by atoms with E-state index in [2.05, 4.69) is 0 Å². The summed E-state index contributed by atoms with van der Waals surface area (Å²) in [4.78, 5) is 27.8. The molecule has 1 aliphatic heterocycles. The molecule has 3 aromatic carbocycles. The largest absolute Gasteiger partial charge is 0.508 e. The number of carbonyl (C=O) groups excluding carboxylic acids is 2. The molecule has 1 atom stereocenters. The zero-order chi connectivity index (χ0) is 24.6. The summed E-state index contributed by atoms with van der Waals surface area (Å²) < 4.78 is 10.6. The number of phenolic OH excluding ortho intramolecular Hbond substituents is 1. The van der Waals surface area contributed by atoms with Crippen molar-refractivity contribution in [2.45, 2.75) is 13.0 Å². The van der Waals surface area contributed by atoms with Crippen LogP contribution in [0.4, 0.5) is 5.69 Å². The van der Waals surface area contributed by atoms with Crippen molar-refractivity contribution in [3.05, 3.63) is 87.9 Å². The van der Waals surface area contributed by atoms with Crippen LogP contribution in [-0.2, 0) is 9.59 Å². The van der Waals surface area contributed by atoms with E-state index in [4.69, 9.17) is 21.1 Å². The van der Waals surface area contributed by atoms with Crippen molar-refractivity contribution in [3.63, 3.8) is 0 Å². The van der Waals surface area contributed by atoms with Crippen LogP contribution in [0.1, 0.15) is 22.7 Å². The maximum atomic E-state index is 13.3. The van der Waals surface area contributed by atoms with E-state index in [9.17, 15) is 19.8 Å². The molecule has 3 aromatic rings. The number of Topliss-reactive ketones (excluding diaryl/α,β-unsaturated/α-hetero) is 1. The fourth-order valence-electron chi connectivity index (χ4n) is 4.07. The van der Waals surface area contributed by atoms with E-state index in [0.717, 1.165) is 5.56 Å². The molecule has 0 spiro atoms. The number of benzene rings is 3. The van der Waals surface area contributed by atoms with Gasteiger partial charge < -0.3 is 19.7 Å². The molecule has 34 heavy (non-hydrogen) atoms. The third kappa shape index (κ3) is 3.95. The zero-order valence-electron chi connectivity index (χ0n) is 18.7. The Hall–Kier alpha value is -3.97. The number of ether oxygens (including phenoxy) is 2. The van der Waals surface area contributed by atoms with Gasteiger partial charge in [-0.05, 0) is 66.6 Å². The predicted molar refractivity (Wildman–Crippen MR) is 129 cm³/mol. The van der Waals surface area contributed by atoms with Gasteiger partial charge in [-0.15, -0.1) is 0 Å². The number of aromatic hydroxyl groups is 1. The number of methoxy groups -OCH3 is 2. The summed E-state index contributed by atoms with van der Waals surface area (Å²) in [6, 6.07) is 15.1. The van der Waals surface area contributed by atoms with Crippen LogP contribution in [0.3, 0.4) is 0 Å². The summed E-state index contributed by atoms with van der Waals surface area (Å²) in [5.41, 5.74) is 1.77. The zero-order valence-corrected chi connectivity index (χ0v) is 19.5. The number of hydrogen-bond acceptors (Lipinski definition) is 6. The molecule has 1 saturated heterocycles. The normalized spacial score (nSPS) is 17.2. The third-order valence-corrected chi connectivity index (χ3v) is 5.93. The second kappa shape index (κ2) is 9.11. The van der Waals surface area contributed by atoms with Crippen LogP contribution >= 0.6 is 11.6 Å². The Labute approximate surface area is 201 Å². The highest BCUT2D eigenvalue weighted by Gasteiger charge is 2.47. The summed E-state index contributed by atoms with van der Waals surface area (Å²) in [7, 11) is 2.93. The molecule has 1 aliphatic rings. The van der Waals surface area contributed by atoms with Crippen LogP contribution < -0.4 is 14.4 Å². The molecule has 0 aromatic heterocycles. The van der Waals surface area contributed by atoms with Crippen LogP contribution in [0, 0.1) is 6.92 Å². The van der Waals surface area contributed by atoms with Crippen molar-refractivity contribution in [1.29, 1.82) is 0 Å². The number of rotatable bonds is 5. The van der Waals surface area contributed by atoms with E-state index in [0.29, 0.717) is 17.0 Å². The van der Waals surface area contributed by atoms with Crippen molar-refractivity contribution >= 4 is 34.7 Å². The lowest BCUT2D eigenvalue weighted by Gasteiger charge is -2.26. The van der Waals surface area contributed by atoms with Crippen molar-refractivity contribution in [1.82, 2.24) is 0 Å². The number of amides is 1. The molecule has 1 amide bonds. The van der Waals surface area contributed by atoms with Gasteiger partial charge in [0.2, 0.25) is 0 Å². The first kappa shape index (κ1) is 23.2.